The number of pyridine rings is 1. The molecular formula is C19H17N5O2S. The normalized spacial score (nSPS) is 14.4. The second-order valence-corrected chi connectivity index (χ2v) is 7.56. The van der Waals surface area contributed by atoms with Crippen LogP contribution in [0.1, 0.15) is 26.8 Å². The number of aromatic nitrogens is 3. The van der Waals surface area contributed by atoms with Crippen LogP contribution < -0.4 is 5.32 Å². The number of anilines is 1. The third kappa shape index (κ3) is 3.24. The van der Waals surface area contributed by atoms with Crippen molar-refractivity contribution in [1.82, 2.24) is 19.3 Å². The number of thiazole rings is 1. The summed E-state index contributed by atoms with van der Waals surface area (Å²) in [5, 5.41) is 3.45. The van der Waals surface area contributed by atoms with Crippen molar-refractivity contribution in [2.24, 2.45) is 0 Å². The lowest BCUT2D eigenvalue weighted by Crippen LogP contribution is -2.29. The van der Waals surface area contributed by atoms with Crippen molar-refractivity contribution in [3.8, 4) is 0 Å². The van der Waals surface area contributed by atoms with Gasteiger partial charge in [0.15, 0.2) is 10.9 Å². The number of nitrogens with one attached hydrogen (secondary N) is 1. The van der Waals surface area contributed by atoms with E-state index in [2.05, 4.69) is 26.4 Å². The number of hydrogen-bond donors (Lipinski definition) is 1. The molecule has 4 aromatic heterocycles. The van der Waals surface area contributed by atoms with Gasteiger partial charge in [0.05, 0.1) is 17.7 Å². The number of carbonyl (C=O) groups is 1. The Bertz CT molecular complexity index is 1070. The summed E-state index contributed by atoms with van der Waals surface area (Å²) in [6.45, 7) is 2.54. The molecular weight excluding hydrogens is 362 g/mol. The van der Waals surface area contributed by atoms with Gasteiger partial charge in [-0.3, -0.25) is 15.0 Å². The van der Waals surface area contributed by atoms with E-state index in [0.29, 0.717) is 5.13 Å². The molecule has 5 heterocycles. The lowest BCUT2D eigenvalue weighted by molar-refractivity contribution is 0.0996. The summed E-state index contributed by atoms with van der Waals surface area (Å²) in [4.78, 5) is 24.9. The minimum Gasteiger partial charge on any atom is -0.459 e. The first-order valence-corrected chi connectivity index (χ1v) is 9.55. The van der Waals surface area contributed by atoms with Gasteiger partial charge >= 0.3 is 0 Å². The highest BCUT2D eigenvalue weighted by molar-refractivity contribution is 7.15. The molecule has 0 saturated heterocycles. The summed E-state index contributed by atoms with van der Waals surface area (Å²) in [7, 11) is 0. The molecule has 0 atom stereocenters. The topological polar surface area (TPSA) is 75.7 Å². The largest absolute Gasteiger partial charge is 0.459 e. The van der Waals surface area contributed by atoms with Gasteiger partial charge in [0.25, 0.3) is 5.91 Å². The zero-order chi connectivity index (χ0) is 18.2. The second-order valence-electron chi connectivity index (χ2n) is 6.48. The number of imidazole rings is 1. The van der Waals surface area contributed by atoms with Crippen LogP contribution in [0, 0.1) is 0 Å². The zero-order valence-electron chi connectivity index (χ0n) is 14.5. The molecule has 0 fully saturated rings. The fourth-order valence-corrected chi connectivity index (χ4v) is 4.34. The number of nitrogens with zero attached hydrogens (tertiary/aromatic N) is 4. The van der Waals surface area contributed by atoms with Crippen LogP contribution in [0.25, 0.3) is 5.65 Å². The molecule has 4 aromatic rings. The Morgan fingerprint density at radius 2 is 2.22 bits per heavy atom. The van der Waals surface area contributed by atoms with Crippen LogP contribution in [-0.2, 0) is 19.5 Å². The Labute approximate surface area is 159 Å². The van der Waals surface area contributed by atoms with E-state index in [1.807, 2.05) is 28.8 Å². The SMILES string of the molecule is O=C(Nc1nc2c(s1)CN(Cc1cn3ccccc3n1)CC2)c1ccco1. The van der Waals surface area contributed by atoms with Gasteiger partial charge in [0.2, 0.25) is 0 Å². The van der Waals surface area contributed by atoms with E-state index in [-0.39, 0.29) is 11.7 Å². The molecule has 27 heavy (non-hydrogen) atoms. The van der Waals surface area contributed by atoms with Crippen molar-refractivity contribution in [3.05, 3.63) is 71.0 Å². The minimum absolute atomic E-state index is 0.271. The molecule has 1 aliphatic rings. The Balaban J connectivity index is 1.28. The van der Waals surface area contributed by atoms with E-state index < -0.39 is 0 Å². The molecule has 0 unspecified atom stereocenters. The standard InChI is InChI=1S/C19H17N5O2S/c25-18(15-4-3-9-26-15)22-19-21-14-6-8-23(12-16(14)27-19)10-13-11-24-7-2-1-5-17(24)20-13/h1-5,7,9,11H,6,8,10,12H2,(H,21,22,25). The average molecular weight is 379 g/mol. The summed E-state index contributed by atoms with van der Waals surface area (Å²) in [5.41, 5.74) is 3.09. The quantitative estimate of drug-likeness (QED) is 0.589. The van der Waals surface area contributed by atoms with Crippen LogP contribution in [0.4, 0.5) is 5.13 Å². The van der Waals surface area contributed by atoms with Crippen LogP contribution in [0.15, 0.2) is 53.4 Å². The lowest BCUT2D eigenvalue weighted by atomic mass is 10.2. The smallest absolute Gasteiger partial charge is 0.293 e. The molecule has 136 valence electrons. The highest BCUT2D eigenvalue weighted by Crippen LogP contribution is 2.29. The van der Waals surface area contributed by atoms with E-state index in [0.717, 1.165) is 43.1 Å². The molecule has 1 aliphatic heterocycles. The van der Waals surface area contributed by atoms with Crippen molar-refractivity contribution in [2.45, 2.75) is 19.5 Å². The highest BCUT2D eigenvalue weighted by atomic mass is 32.1. The monoisotopic (exact) mass is 379 g/mol. The van der Waals surface area contributed by atoms with Gasteiger partial charge in [-0.05, 0) is 24.3 Å². The van der Waals surface area contributed by atoms with Crippen LogP contribution in [0.3, 0.4) is 0 Å². The van der Waals surface area contributed by atoms with Gasteiger partial charge in [-0.25, -0.2) is 9.97 Å². The lowest BCUT2D eigenvalue weighted by Gasteiger charge is -2.24. The molecule has 0 bridgehead atoms. The molecule has 0 spiro atoms. The molecule has 1 amide bonds. The first kappa shape index (κ1) is 16.2. The van der Waals surface area contributed by atoms with E-state index in [1.54, 1.807) is 12.1 Å². The fourth-order valence-electron chi connectivity index (χ4n) is 3.30. The molecule has 0 radical (unpaired) electrons. The third-order valence-electron chi connectivity index (χ3n) is 4.58. The average Bonchev–Trinajstić information content (AvgIpc) is 3.40. The van der Waals surface area contributed by atoms with Crippen LogP contribution in [0.2, 0.25) is 0 Å². The Morgan fingerprint density at radius 1 is 1.26 bits per heavy atom. The number of furan rings is 1. The molecule has 1 N–H and O–H groups in total. The zero-order valence-corrected chi connectivity index (χ0v) is 15.3. The van der Waals surface area contributed by atoms with Crippen molar-refractivity contribution in [2.75, 3.05) is 11.9 Å². The Hall–Kier alpha value is -2.97. The summed E-state index contributed by atoms with van der Waals surface area (Å²) in [6.07, 6.45) is 6.44. The maximum Gasteiger partial charge on any atom is 0.293 e. The van der Waals surface area contributed by atoms with Gasteiger partial charge < -0.3 is 8.82 Å². The van der Waals surface area contributed by atoms with Crippen molar-refractivity contribution >= 4 is 28.0 Å². The molecule has 8 heteroatoms. The van der Waals surface area contributed by atoms with Crippen molar-refractivity contribution in [1.29, 1.82) is 0 Å². The van der Waals surface area contributed by atoms with Gasteiger partial charge in [-0.2, -0.15) is 0 Å². The van der Waals surface area contributed by atoms with E-state index in [9.17, 15) is 4.79 Å². The van der Waals surface area contributed by atoms with Gasteiger partial charge in [0, 0.05) is 43.3 Å². The van der Waals surface area contributed by atoms with Crippen LogP contribution >= 0.6 is 11.3 Å². The third-order valence-corrected chi connectivity index (χ3v) is 5.57. The Kier molecular flexibility index (Phi) is 3.99. The number of rotatable bonds is 4. The van der Waals surface area contributed by atoms with E-state index >= 15 is 0 Å². The summed E-state index contributed by atoms with van der Waals surface area (Å²) < 4.78 is 7.17. The number of fused-ring (bicyclic) bond motifs is 2. The van der Waals surface area contributed by atoms with Gasteiger partial charge in [-0.1, -0.05) is 6.07 Å². The maximum atomic E-state index is 12.1. The molecule has 0 aliphatic carbocycles. The second kappa shape index (κ2) is 6.64. The van der Waals surface area contributed by atoms with Gasteiger partial charge in [-0.15, -0.1) is 11.3 Å². The predicted octanol–water partition coefficient (Wildman–Crippen LogP) is 3.19. The minimum atomic E-state index is -0.271. The summed E-state index contributed by atoms with van der Waals surface area (Å²) in [6, 6.07) is 9.34. The molecule has 0 aromatic carbocycles. The first-order chi connectivity index (χ1) is 13.2. The van der Waals surface area contributed by atoms with Crippen molar-refractivity contribution in [3.63, 3.8) is 0 Å². The van der Waals surface area contributed by atoms with E-state index in [4.69, 9.17) is 4.42 Å². The molecule has 0 saturated carbocycles. The number of amides is 1. The maximum absolute atomic E-state index is 12.1. The molecule has 5 rings (SSSR count). The van der Waals surface area contributed by atoms with Crippen LogP contribution in [-0.4, -0.2) is 31.7 Å². The summed E-state index contributed by atoms with van der Waals surface area (Å²) >= 11 is 1.53. The fraction of sp³-hybridized carbons (Fsp3) is 0.211. The van der Waals surface area contributed by atoms with Gasteiger partial charge in [0.1, 0.15) is 5.65 Å². The van der Waals surface area contributed by atoms with E-state index in [1.165, 1.54) is 22.5 Å². The number of carbonyl (C=O) groups excluding carboxylic acids is 1. The molecule has 7 nitrogen and oxygen atoms in total. The van der Waals surface area contributed by atoms with Crippen LogP contribution in [0.5, 0.6) is 0 Å². The first-order valence-electron chi connectivity index (χ1n) is 8.73. The Morgan fingerprint density at radius 3 is 3.07 bits per heavy atom. The summed E-state index contributed by atoms with van der Waals surface area (Å²) in [5.74, 6) is 0.0179. The highest BCUT2D eigenvalue weighted by Gasteiger charge is 2.22. The predicted molar refractivity (Wildman–Crippen MR) is 102 cm³/mol. The van der Waals surface area contributed by atoms with Crippen molar-refractivity contribution < 1.29 is 9.21 Å². The number of hydrogen-bond acceptors (Lipinski definition) is 6.